The second-order valence-corrected chi connectivity index (χ2v) is 2.08. The van der Waals surface area contributed by atoms with Gasteiger partial charge in [-0.15, -0.1) is 0 Å². The molecule has 0 bridgehead atoms. The summed E-state index contributed by atoms with van der Waals surface area (Å²) >= 11 is 3.76. The van der Waals surface area contributed by atoms with Gasteiger partial charge in [-0.05, 0) is 6.92 Å². The van der Waals surface area contributed by atoms with Crippen LogP contribution in [0.1, 0.15) is 6.92 Å². The van der Waals surface area contributed by atoms with Crippen LogP contribution in [0.2, 0.25) is 0 Å². The van der Waals surface area contributed by atoms with Crippen molar-refractivity contribution in [2.24, 2.45) is 0 Å². The Kier molecular flexibility index (Phi) is 3.26. The second-order valence-electron chi connectivity index (χ2n) is 1.30. The van der Waals surface area contributed by atoms with Crippen molar-refractivity contribution in [1.29, 1.82) is 0 Å². The molecule has 46 valence electrons. The molecule has 0 aliphatic carbocycles. The molecule has 4 heteroatoms. The minimum atomic E-state index is -0.416. The van der Waals surface area contributed by atoms with Gasteiger partial charge in [0.2, 0.25) is 12.3 Å². The molecule has 0 saturated carbocycles. The van der Waals surface area contributed by atoms with E-state index in [2.05, 4.69) is 12.6 Å². The summed E-state index contributed by atoms with van der Waals surface area (Å²) in [6.07, 6.45) is 0.342. The topological polar surface area (TPSA) is 46.2 Å². The Morgan fingerprint density at radius 2 is 2.38 bits per heavy atom. The van der Waals surface area contributed by atoms with Gasteiger partial charge in [0, 0.05) is 0 Å². The molecular formula is C4H7NO2S. The standard InChI is InChI=1S/C4H7NO2S/c1-3(8)4(7)5-2-6/h2-3,8H,1H3,(H,5,6,7)/t3-/m1/s1. The summed E-state index contributed by atoms with van der Waals surface area (Å²) in [4.78, 5) is 19.9. The first-order chi connectivity index (χ1) is 3.68. The number of thiol groups is 1. The molecule has 0 aliphatic heterocycles. The van der Waals surface area contributed by atoms with Crippen molar-refractivity contribution in [2.45, 2.75) is 12.2 Å². The van der Waals surface area contributed by atoms with E-state index in [1.54, 1.807) is 6.92 Å². The third-order valence-electron chi connectivity index (χ3n) is 0.581. The van der Waals surface area contributed by atoms with Gasteiger partial charge in [-0.1, -0.05) is 0 Å². The lowest BCUT2D eigenvalue weighted by molar-refractivity contribution is -0.124. The molecule has 0 unspecified atom stereocenters. The van der Waals surface area contributed by atoms with Crippen LogP contribution in [0.5, 0.6) is 0 Å². The molecule has 0 aromatic rings. The number of hydrogen-bond acceptors (Lipinski definition) is 3. The Morgan fingerprint density at radius 1 is 1.88 bits per heavy atom. The number of hydrogen-bond donors (Lipinski definition) is 2. The summed E-state index contributed by atoms with van der Waals surface area (Å²) < 4.78 is 0. The van der Waals surface area contributed by atoms with Crippen LogP contribution < -0.4 is 5.32 Å². The van der Waals surface area contributed by atoms with Crippen LogP contribution in [0.25, 0.3) is 0 Å². The molecule has 3 nitrogen and oxygen atoms in total. The molecule has 1 N–H and O–H groups in total. The number of amides is 2. The van der Waals surface area contributed by atoms with Crippen molar-refractivity contribution in [1.82, 2.24) is 5.32 Å². The molecule has 2 amide bonds. The van der Waals surface area contributed by atoms with Gasteiger partial charge >= 0.3 is 0 Å². The predicted molar refractivity (Wildman–Crippen MR) is 32.7 cm³/mol. The Labute approximate surface area is 52.9 Å². The maximum atomic E-state index is 10.3. The van der Waals surface area contributed by atoms with Gasteiger partial charge in [0.05, 0.1) is 5.25 Å². The number of carbonyl (C=O) groups is 2. The van der Waals surface area contributed by atoms with E-state index in [-0.39, 0.29) is 5.91 Å². The third-order valence-corrected chi connectivity index (χ3v) is 0.815. The van der Waals surface area contributed by atoms with Crippen LogP contribution in [0.3, 0.4) is 0 Å². The second kappa shape index (κ2) is 3.49. The summed E-state index contributed by atoms with van der Waals surface area (Å²) in [7, 11) is 0. The number of nitrogens with one attached hydrogen (secondary N) is 1. The highest BCUT2D eigenvalue weighted by molar-refractivity contribution is 7.81. The maximum absolute atomic E-state index is 10.3. The van der Waals surface area contributed by atoms with Crippen LogP contribution in [-0.2, 0) is 9.59 Å². The SMILES string of the molecule is C[C@@H](S)C(=O)NC=O. The first kappa shape index (κ1) is 7.49. The molecule has 8 heavy (non-hydrogen) atoms. The van der Waals surface area contributed by atoms with Crippen LogP contribution in [-0.4, -0.2) is 17.6 Å². The van der Waals surface area contributed by atoms with Gasteiger partial charge < -0.3 is 0 Å². The summed E-state index contributed by atoms with van der Waals surface area (Å²) in [6.45, 7) is 1.59. The summed E-state index contributed by atoms with van der Waals surface area (Å²) in [5.74, 6) is -0.372. The average Bonchev–Trinajstić information content (AvgIpc) is 1.67. The zero-order valence-corrected chi connectivity index (χ0v) is 5.31. The summed E-state index contributed by atoms with van der Waals surface area (Å²) in [5.41, 5.74) is 0. The molecular weight excluding hydrogens is 126 g/mol. The molecule has 0 heterocycles. The van der Waals surface area contributed by atoms with Gasteiger partial charge in [-0.3, -0.25) is 14.9 Å². The lowest BCUT2D eigenvalue weighted by atomic mass is 10.4. The van der Waals surface area contributed by atoms with Gasteiger partial charge in [0.15, 0.2) is 0 Å². The van der Waals surface area contributed by atoms with Crippen LogP contribution >= 0.6 is 12.6 Å². The third kappa shape index (κ3) is 2.63. The van der Waals surface area contributed by atoms with E-state index in [9.17, 15) is 9.59 Å². The monoisotopic (exact) mass is 133 g/mol. The largest absolute Gasteiger partial charge is 0.298 e. The molecule has 0 fully saturated rings. The first-order valence-corrected chi connectivity index (χ1v) is 2.62. The van der Waals surface area contributed by atoms with Crippen LogP contribution in [0.4, 0.5) is 0 Å². The Morgan fingerprint density at radius 3 is 2.50 bits per heavy atom. The summed E-state index contributed by atoms with van der Waals surface area (Å²) in [6, 6.07) is 0. The lowest BCUT2D eigenvalue weighted by Gasteiger charge is -1.97. The van der Waals surface area contributed by atoms with E-state index in [0.29, 0.717) is 6.41 Å². The van der Waals surface area contributed by atoms with Crippen molar-refractivity contribution in [2.75, 3.05) is 0 Å². The van der Waals surface area contributed by atoms with E-state index >= 15 is 0 Å². The first-order valence-electron chi connectivity index (χ1n) is 2.10. The van der Waals surface area contributed by atoms with Crippen molar-refractivity contribution >= 4 is 24.9 Å². The Balaban J connectivity index is 3.48. The zero-order valence-electron chi connectivity index (χ0n) is 4.42. The molecule has 1 atom stereocenters. The Hall–Kier alpha value is -0.510. The smallest absolute Gasteiger partial charge is 0.238 e. The van der Waals surface area contributed by atoms with Crippen LogP contribution in [0.15, 0.2) is 0 Å². The minimum absolute atomic E-state index is 0.342. The highest BCUT2D eigenvalue weighted by atomic mass is 32.1. The van der Waals surface area contributed by atoms with Gasteiger partial charge in [-0.25, -0.2) is 0 Å². The van der Waals surface area contributed by atoms with Gasteiger partial charge in [0.1, 0.15) is 0 Å². The Bertz CT molecular complexity index is 102. The fourth-order valence-corrected chi connectivity index (χ4v) is 0.253. The lowest BCUT2D eigenvalue weighted by Crippen LogP contribution is -2.27. The molecule has 0 saturated heterocycles. The van der Waals surface area contributed by atoms with E-state index < -0.39 is 5.25 Å². The molecule has 0 rings (SSSR count). The highest BCUT2D eigenvalue weighted by Gasteiger charge is 2.03. The molecule has 0 aromatic heterocycles. The van der Waals surface area contributed by atoms with Crippen molar-refractivity contribution < 1.29 is 9.59 Å². The van der Waals surface area contributed by atoms with Gasteiger partial charge in [-0.2, -0.15) is 12.6 Å². The van der Waals surface area contributed by atoms with Crippen molar-refractivity contribution in [3.05, 3.63) is 0 Å². The van der Waals surface area contributed by atoms with E-state index in [1.165, 1.54) is 0 Å². The minimum Gasteiger partial charge on any atom is -0.298 e. The molecule has 0 spiro atoms. The highest BCUT2D eigenvalue weighted by Crippen LogP contribution is 1.88. The molecule has 0 aliphatic rings. The maximum Gasteiger partial charge on any atom is 0.238 e. The van der Waals surface area contributed by atoms with E-state index in [1.807, 2.05) is 5.32 Å². The number of carbonyl (C=O) groups excluding carboxylic acids is 2. The van der Waals surface area contributed by atoms with E-state index in [4.69, 9.17) is 0 Å². The number of imide groups is 1. The normalized spacial score (nSPS) is 12.2. The molecule has 0 radical (unpaired) electrons. The average molecular weight is 133 g/mol. The fraction of sp³-hybridized carbons (Fsp3) is 0.500. The number of rotatable bonds is 2. The molecule has 0 aromatic carbocycles. The summed E-state index contributed by atoms with van der Waals surface area (Å²) in [5, 5.41) is 1.53. The van der Waals surface area contributed by atoms with Crippen molar-refractivity contribution in [3.8, 4) is 0 Å². The van der Waals surface area contributed by atoms with Crippen LogP contribution in [0, 0.1) is 0 Å². The van der Waals surface area contributed by atoms with Crippen molar-refractivity contribution in [3.63, 3.8) is 0 Å². The zero-order chi connectivity index (χ0) is 6.57. The van der Waals surface area contributed by atoms with Gasteiger partial charge in [0.25, 0.3) is 0 Å². The van der Waals surface area contributed by atoms with E-state index in [0.717, 1.165) is 0 Å². The predicted octanol–water partition coefficient (Wildman–Crippen LogP) is -0.423. The quantitative estimate of drug-likeness (QED) is 0.397. The fourth-order valence-electron chi connectivity index (χ4n) is 0.179.